The Labute approximate surface area is 273 Å². The van der Waals surface area contributed by atoms with Crippen LogP contribution in [-0.2, 0) is 15.9 Å². The Balaban J connectivity index is 1.54. The molecule has 0 spiro atoms. The summed E-state index contributed by atoms with van der Waals surface area (Å²) in [7, 11) is 1.53. The van der Waals surface area contributed by atoms with E-state index in [-0.39, 0.29) is 34.8 Å². The van der Waals surface area contributed by atoms with Crippen LogP contribution in [0.3, 0.4) is 0 Å². The number of nitrogens with zero attached hydrogens (tertiary/aromatic N) is 1. The maximum Gasteiger partial charge on any atom is 0.239 e. The van der Waals surface area contributed by atoms with Crippen molar-refractivity contribution in [2.24, 2.45) is 0 Å². The Morgan fingerprint density at radius 1 is 1.02 bits per heavy atom. The number of benzene rings is 2. The molecule has 47 heavy (non-hydrogen) atoms. The maximum atomic E-state index is 14.2. The van der Waals surface area contributed by atoms with E-state index >= 15 is 0 Å². The quantitative estimate of drug-likeness (QED) is 0.157. The summed E-state index contributed by atoms with van der Waals surface area (Å²) in [6.45, 7) is 9.61. The van der Waals surface area contributed by atoms with Gasteiger partial charge in [-0.3, -0.25) is 4.79 Å². The maximum absolute atomic E-state index is 14.2. The topological polar surface area (TPSA) is 161 Å². The molecule has 3 heterocycles. The fraction of sp³-hybridized carbons (Fsp3) is 0.514. The van der Waals surface area contributed by atoms with Crippen molar-refractivity contribution in [2.75, 3.05) is 46.6 Å². The van der Waals surface area contributed by atoms with E-state index in [1.165, 1.54) is 32.9 Å². The van der Waals surface area contributed by atoms with Crippen molar-refractivity contribution in [1.82, 2.24) is 4.90 Å². The number of phenols is 1. The highest BCUT2D eigenvalue weighted by atomic mass is 16.7. The first-order chi connectivity index (χ1) is 22.6. The summed E-state index contributed by atoms with van der Waals surface area (Å²) in [5.74, 6) is 0.155. The predicted molar refractivity (Wildman–Crippen MR) is 174 cm³/mol. The van der Waals surface area contributed by atoms with Crippen LogP contribution in [0.25, 0.3) is 22.3 Å². The standard InChI is InChI=1S/C35H45NO11/c1-20(2)7-12-24-26(44-18-17-43-16-15-36-13-5-6-14-36)19-25(37)27-29(39)34(47-35-31(41)30(40)28(38)21(3)45-35)32(46-33(24)27)22-8-10-23(42-4)11-9-22/h7-11,19,21,28,30-31,35,37-38,40-41H,5-6,12-18H2,1-4H3/t21-,28-,30+,31+,35-/m1/s1. The van der Waals surface area contributed by atoms with Crippen LogP contribution in [0.15, 0.2) is 51.2 Å². The number of methoxy groups -OCH3 is 1. The second-order valence-corrected chi connectivity index (χ2v) is 12.2. The van der Waals surface area contributed by atoms with E-state index < -0.39 is 36.1 Å². The summed E-state index contributed by atoms with van der Waals surface area (Å²) in [6.07, 6.45) is -2.35. The van der Waals surface area contributed by atoms with Crippen LogP contribution in [0, 0.1) is 0 Å². The first-order valence-electron chi connectivity index (χ1n) is 16.0. The van der Waals surface area contributed by atoms with E-state index in [2.05, 4.69) is 4.90 Å². The van der Waals surface area contributed by atoms with Crippen molar-refractivity contribution in [3.63, 3.8) is 0 Å². The van der Waals surface area contributed by atoms with E-state index in [1.54, 1.807) is 24.3 Å². The fourth-order valence-electron chi connectivity index (χ4n) is 5.77. The van der Waals surface area contributed by atoms with Gasteiger partial charge in [-0.1, -0.05) is 11.6 Å². The number of aromatic hydroxyl groups is 1. The number of likely N-dealkylation sites (tertiary alicyclic amines) is 1. The molecule has 5 atom stereocenters. The zero-order valence-corrected chi connectivity index (χ0v) is 27.3. The molecule has 0 radical (unpaired) electrons. The Morgan fingerprint density at radius 2 is 1.74 bits per heavy atom. The van der Waals surface area contributed by atoms with Crippen LogP contribution in [0.5, 0.6) is 23.0 Å². The van der Waals surface area contributed by atoms with Crippen LogP contribution >= 0.6 is 0 Å². The van der Waals surface area contributed by atoms with Gasteiger partial charge >= 0.3 is 0 Å². The number of fused-ring (bicyclic) bond motifs is 1. The molecular formula is C35H45NO11. The normalized spacial score (nSPS) is 23.2. The lowest BCUT2D eigenvalue weighted by molar-refractivity contribution is -0.268. The Bertz CT molecular complexity index is 1590. The fourth-order valence-corrected chi connectivity index (χ4v) is 5.77. The number of phenolic OH excluding ortho intramolecular Hbond substituents is 1. The van der Waals surface area contributed by atoms with Gasteiger partial charge in [0, 0.05) is 23.7 Å². The molecular weight excluding hydrogens is 610 g/mol. The monoisotopic (exact) mass is 655 g/mol. The average molecular weight is 656 g/mol. The van der Waals surface area contributed by atoms with Gasteiger partial charge in [0.1, 0.15) is 53.1 Å². The average Bonchev–Trinajstić information content (AvgIpc) is 3.58. The van der Waals surface area contributed by atoms with Gasteiger partial charge < -0.3 is 53.4 Å². The minimum absolute atomic E-state index is 0.00513. The number of aliphatic hydroxyl groups is 3. The van der Waals surface area contributed by atoms with Crippen LogP contribution < -0.4 is 19.6 Å². The molecule has 0 saturated carbocycles. The molecule has 2 aliphatic rings. The minimum atomic E-state index is -1.69. The zero-order chi connectivity index (χ0) is 33.7. The van der Waals surface area contributed by atoms with Crippen molar-refractivity contribution in [3.05, 3.63) is 57.8 Å². The molecule has 0 aliphatic carbocycles. The SMILES string of the molecule is COc1ccc(-c2oc3c(CC=C(C)C)c(OCCOCCN4CCCC4)cc(O)c3c(=O)c2O[C@H]2O[C@H](C)[C@@H](O)[C@H](O)[C@@H]2O)cc1. The summed E-state index contributed by atoms with van der Waals surface area (Å²) in [5, 5.41) is 42.3. The summed E-state index contributed by atoms with van der Waals surface area (Å²) in [5.41, 5.74) is 1.37. The molecule has 0 unspecified atom stereocenters. The number of rotatable bonds is 13. The van der Waals surface area contributed by atoms with E-state index in [0.717, 1.165) is 25.2 Å². The van der Waals surface area contributed by atoms with Crippen molar-refractivity contribution < 1.29 is 48.5 Å². The molecule has 3 aromatic rings. The molecule has 2 saturated heterocycles. The van der Waals surface area contributed by atoms with Gasteiger partial charge in [-0.15, -0.1) is 0 Å². The van der Waals surface area contributed by atoms with Gasteiger partial charge in [-0.2, -0.15) is 0 Å². The van der Waals surface area contributed by atoms with Crippen molar-refractivity contribution in [3.8, 4) is 34.3 Å². The lowest BCUT2D eigenvalue weighted by Gasteiger charge is -2.38. The molecule has 12 heteroatoms. The van der Waals surface area contributed by atoms with Gasteiger partial charge in [0.2, 0.25) is 17.5 Å². The Hall–Kier alpha value is -3.65. The number of hydrogen-bond donors (Lipinski definition) is 4. The van der Waals surface area contributed by atoms with Crippen LogP contribution in [0.4, 0.5) is 0 Å². The number of allylic oxidation sites excluding steroid dienone is 2. The highest BCUT2D eigenvalue weighted by molar-refractivity contribution is 5.91. The third-order valence-electron chi connectivity index (χ3n) is 8.51. The molecule has 12 nitrogen and oxygen atoms in total. The highest BCUT2D eigenvalue weighted by Crippen LogP contribution is 2.40. The first kappa shape index (κ1) is 34.7. The zero-order valence-electron chi connectivity index (χ0n) is 27.3. The molecule has 2 aromatic carbocycles. The molecule has 1 aromatic heterocycles. The van der Waals surface area contributed by atoms with Crippen LogP contribution in [-0.4, -0.2) is 103 Å². The number of aliphatic hydroxyl groups excluding tert-OH is 3. The second-order valence-electron chi connectivity index (χ2n) is 12.2. The van der Waals surface area contributed by atoms with Gasteiger partial charge in [-0.25, -0.2) is 0 Å². The molecule has 4 N–H and O–H groups in total. The van der Waals surface area contributed by atoms with E-state index in [1.807, 2.05) is 19.9 Å². The van der Waals surface area contributed by atoms with Gasteiger partial charge in [-0.05, 0) is 77.4 Å². The lowest BCUT2D eigenvalue weighted by Crippen LogP contribution is -2.58. The van der Waals surface area contributed by atoms with Gasteiger partial charge in [0.15, 0.2) is 5.76 Å². The van der Waals surface area contributed by atoms with Crippen LogP contribution in [0.2, 0.25) is 0 Å². The smallest absolute Gasteiger partial charge is 0.239 e. The highest BCUT2D eigenvalue weighted by Gasteiger charge is 2.44. The molecule has 0 amide bonds. The molecule has 0 bridgehead atoms. The molecule has 256 valence electrons. The van der Waals surface area contributed by atoms with E-state index in [4.69, 9.17) is 28.1 Å². The first-order valence-corrected chi connectivity index (χ1v) is 16.0. The molecule has 2 aliphatic heterocycles. The predicted octanol–water partition coefficient (Wildman–Crippen LogP) is 3.38. The minimum Gasteiger partial charge on any atom is -0.507 e. The van der Waals surface area contributed by atoms with E-state index in [0.29, 0.717) is 42.3 Å². The van der Waals surface area contributed by atoms with Gasteiger partial charge in [0.05, 0.1) is 26.4 Å². The van der Waals surface area contributed by atoms with Crippen LogP contribution in [0.1, 0.15) is 39.2 Å². The van der Waals surface area contributed by atoms with Crippen molar-refractivity contribution in [2.45, 2.75) is 70.7 Å². The second kappa shape index (κ2) is 15.5. The number of ether oxygens (including phenoxy) is 5. The Morgan fingerprint density at radius 3 is 2.43 bits per heavy atom. The van der Waals surface area contributed by atoms with Crippen molar-refractivity contribution in [1.29, 1.82) is 0 Å². The summed E-state index contributed by atoms with van der Waals surface area (Å²) in [4.78, 5) is 16.6. The van der Waals surface area contributed by atoms with E-state index in [9.17, 15) is 25.2 Å². The summed E-state index contributed by atoms with van der Waals surface area (Å²) < 4.78 is 35.2. The third kappa shape index (κ3) is 7.91. The van der Waals surface area contributed by atoms with Gasteiger partial charge in [0.25, 0.3) is 0 Å². The molecule has 2 fully saturated rings. The Kier molecular flexibility index (Phi) is 11.4. The largest absolute Gasteiger partial charge is 0.507 e. The third-order valence-corrected chi connectivity index (χ3v) is 8.51. The summed E-state index contributed by atoms with van der Waals surface area (Å²) in [6, 6.07) is 8.09. The van der Waals surface area contributed by atoms with Crippen molar-refractivity contribution >= 4 is 11.0 Å². The molecule has 5 rings (SSSR count). The lowest BCUT2D eigenvalue weighted by atomic mass is 10.00. The number of hydrogen-bond acceptors (Lipinski definition) is 12. The summed E-state index contributed by atoms with van der Waals surface area (Å²) >= 11 is 0.